The first-order valence-corrected chi connectivity index (χ1v) is 8.01. The van der Waals surface area contributed by atoms with Crippen molar-refractivity contribution in [3.8, 4) is 11.3 Å². The molecular weight excluding hydrogens is 357 g/mol. The number of benzene rings is 2. The minimum Gasteiger partial charge on any atom is -0.403 e. The van der Waals surface area contributed by atoms with Crippen LogP contribution in [0.1, 0.15) is 10.4 Å². The molecule has 0 atom stereocenters. The zero-order valence-electron chi connectivity index (χ0n) is 13.8. The van der Waals surface area contributed by atoms with E-state index in [4.69, 9.17) is 17.3 Å². The number of hydrogen-bond acceptors (Lipinski definition) is 5. The number of hydrogen-bond donors (Lipinski definition) is 2. The molecule has 3 rings (SSSR count). The van der Waals surface area contributed by atoms with Gasteiger partial charge in [-0.2, -0.15) is 0 Å². The molecule has 3 aromatic rings. The van der Waals surface area contributed by atoms with E-state index in [0.717, 1.165) is 0 Å². The number of rotatable bonds is 4. The van der Waals surface area contributed by atoms with Crippen molar-refractivity contribution in [2.75, 3.05) is 7.05 Å². The van der Waals surface area contributed by atoms with Crippen LogP contribution in [0.25, 0.3) is 22.3 Å². The SMILES string of the molecule is CN(/C=C\N)NC(=O)c1ccc2nc(Cl)c(-c3ccc(F)cc3)nc2c1. The van der Waals surface area contributed by atoms with E-state index in [2.05, 4.69) is 15.4 Å². The molecule has 8 heteroatoms. The van der Waals surface area contributed by atoms with Crippen molar-refractivity contribution in [3.63, 3.8) is 0 Å². The fraction of sp³-hybridized carbons (Fsp3) is 0.0556. The van der Waals surface area contributed by atoms with E-state index < -0.39 is 0 Å². The molecule has 0 unspecified atom stereocenters. The number of nitrogens with one attached hydrogen (secondary N) is 1. The van der Waals surface area contributed by atoms with Crippen molar-refractivity contribution < 1.29 is 9.18 Å². The van der Waals surface area contributed by atoms with Gasteiger partial charge < -0.3 is 5.73 Å². The van der Waals surface area contributed by atoms with Crippen LogP contribution in [0, 0.1) is 5.82 Å². The lowest BCUT2D eigenvalue weighted by molar-refractivity contribution is 0.0873. The van der Waals surface area contributed by atoms with E-state index in [1.807, 2.05) is 0 Å². The minimum atomic E-state index is -0.353. The molecule has 1 amide bonds. The van der Waals surface area contributed by atoms with E-state index >= 15 is 0 Å². The van der Waals surface area contributed by atoms with Crippen LogP contribution >= 0.6 is 11.6 Å². The lowest BCUT2D eigenvalue weighted by Gasteiger charge is -2.15. The van der Waals surface area contributed by atoms with Gasteiger partial charge >= 0.3 is 0 Å². The number of hydrazine groups is 1. The number of aromatic nitrogens is 2. The number of nitrogens with two attached hydrogens (primary N) is 1. The molecule has 1 heterocycles. The van der Waals surface area contributed by atoms with Crippen molar-refractivity contribution in [3.05, 3.63) is 71.4 Å². The second-order valence-electron chi connectivity index (χ2n) is 5.47. The van der Waals surface area contributed by atoms with Crippen molar-refractivity contribution in [1.29, 1.82) is 0 Å². The van der Waals surface area contributed by atoms with Crippen LogP contribution in [0.5, 0.6) is 0 Å². The Balaban J connectivity index is 1.99. The number of halogens is 2. The molecule has 0 aliphatic heterocycles. The molecule has 6 nitrogen and oxygen atoms in total. The highest BCUT2D eigenvalue weighted by molar-refractivity contribution is 6.32. The summed E-state index contributed by atoms with van der Waals surface area (Å²) in [6.07, 6.45) is 2.81. The predicted molar refractivity (Wildman–Crippen MR) is 98.5 cm³/mol. The molecule has 0 fully saturated rings. The van der Waals surface area contributed by atoms with Gasteiger partial charge in [0.1, 0.15) is 11.5 Å². The van der Waals surface area contributed by atoms with Crippen LogP contribution < -0.4 is 11.2 Å². The Bertz CT molecular complexity index is 991. The Morgan fingerprint density at radius 1 is 1.19 bits per heavy atom. The summed E-state index contributed by atoms with van der Waals surface area (Å²) in [4.78, 5) is 21.1. The van der Waals surface area contributed by atoms with Crippen LogP contribution in [0.4, 0.5) is 4.39 Å². The molecule has 0 saturated heterocycles. The third kappa shape index (κ3) is 3.73. The summed E-state index contributed by atoms with van der Waals surface area (Å²) in [5.41, 5.74) is 10.4. The van der Waals surface area contributed by atoms with Gasteiger partial charge in [0.25, 0.3) is 5.91 Å². The highest BCUT2D eigenvalue weighted by Gasteiger charge is 2.12. The summed E-state index contributed by atoms with van der Waals surface area (Å²) >= 11 is 6.21. The number of fused-ring (bicyclic) bond motifs is 1. The Kier molecular flexibility index (Phi) is 4.99. The molecule has 0 spiro atoms. The quantitative estimate of drug-likeness (QED) is 0.688. The largest absolute Gasteiger partial charge is 0.403 e. The average Bonchev–Trinajstić information content (AvgIpc) is 2.61. The second-order valence-corrected chi connectivity index (χ2v) is 5.82. The van der Waals surface area contributed by atoms with Gasteiger partial charge in [-0.15, -0.1) is 0 Å². The normalized spacial score (nSPS) is 11.0. The average molecular weight is 372 g/mol. The van der Waals surface area contributed by atoms with Gasteiger partial charge in [-0.25, -0.2) is 14.4 Å². The van der Waals surface area contributed by atoms with E-state index in [0.29, 0.717) is 27.9 Å². The lowest BCUT2D eigenvalue weighted by atomic mass is 10.1. The molecule has 0 radical (unpaired) electrons. The van der Waals surface area contributed by atoms with Crippen LogP contribution in [0.2, 0.25) is 5.15 Å². The number of nitrogens with zero attached hydrogens (tertiary/aromatic N) is 3. The van der Waals surface area contributed by atoms with Crippen LogP contribution in [-0.4, -0.2) is 27.9 Å². The molecular formula is C18H15ClFN5O. The Morgan fingerprint density at radius 2 is 1.92 bits per heavy atom. The molecule has 0 aliphatic carbocycles. The molecule has 132 valence electrons. The smallest absolute Gasteiger partial charge is 0.269 e. The first-order chi connectivity index (χ1) is 12.5. The first-order valence-electron chi connectivity index (χ1n) is 7.63. The highest BCUT2D eigenvalue weighted by atomic mass is 35.5. The summed E-state index contributed by atoms with van der Waals surface area (Å²) in [6, 6.07) is 10.7. The fourth-order valence-electron chi connectivity index (χ4n) is 2.36. The topological polar surface area (TPSA) is 84.1 Å². The molecule has 3 N–H and O–H groups in total. The first kappa shape index (κ1) is 17.6. The Labute approximate surface area is 154 Å². The molecule has 26 heavy (non-hydrogen) atoms. The molecule has 1 aromatic heterocycles. The third-order valence-electron chi connectivity index (χ3n) is 3.59. The van der Waals surface area contributed by atoms with E-state index in [-0.39, 0.29) is 16.9 Å². The highest BCUT2D eigenvalue weighted by Crippen LogP contribution is 2.27. The van der Waals surface area contributed by atoms with Crippen LogP contribution in [-0.2, 0) is 0 Å². The predicted octanol–water partition coefficient (Wildman–Crippen LogP) is 3.10. The van der Waals surface area contributed by atoms with Crippen molar-refractivity contribution in [1.82, 2.24) is 20.4 Å². The standard InChI is InChI=1S/C18H15ClFN5O/c1-25(9-8-21)24-18(26)12-4-7-14-15(10-12)22-16(17(19)23-14)11-2-5-13(20)6-3-11/h2-10H,21H2,1H3,(H,24,26)/b9-8-. The van der Waals surface area contributed by atoms with Crippen molar-refractivity contribution in [2.45, 2.75) is 0 Å². The third-order valence-corrected chi connectivity index (χ3v) is 3.85. The summed E-state index contributed by atoms with van der Waals surface area (Å²) in [5, 5.41) is 1.64. The summed E-state index contributed by atoms with van der Waals surface area (Å²) in [6.45, 7) is 0. The minimum absolute atomic E-state index is 0.203. The van der Waals surface area contributed by atoms with E-state index in [1.54, 1.807) is 37.4 Å². The van der Waals surface area contributed by atoms with Crippen LogP contribution in [0.3, 0.4) is 0 Å². The zero-order chi connectivity index (χ0) is 18.7. The molecule has 0 bridgehead atoms. The maximum Gasteiger partial charge on any atom is 0.269 e. The van der Waals surface area contributed by atoms with Gasteiger partial charge in [-0.05, 0) is 42.5 Å². The number of amides is 1. The van der Waals surface area contributed by atoms with Gasteiger partial charge in [0.05, 0.1) is 11.0 Å². The fourth-order valence-corrected chi connectivity index (χ4v) is 2.60. The summed E-state index contributed by atoms with van der Waals surface area (Å²) < 4.78 is 13.1. The van der Waals surface area contributed by atoms with E-state index in [9.17, 15) is 9.18 Å². The second kappa shape index (κ2) is 7.37. The van der Waals surface area contributed by atoms with Gasteiger partial charge in [0, 0.05) is 30.6 Å². The summed E-state index contributed by atoms with van der Waals surface area (Å²) in [5.74, 6) is -0.680. The van der Waals surface area contributed by atoms with Gasteiger partial charge in [0.2, 0.25) is 0 Å². The summed E-state index contributed by atoms with van der Waals surface area (Å²) in [7, 11) is 1.65. The molecule has 0 aliphatic rings. The van der Waals surface area contributed by atoms with Gasteiger partial charge in [0.15, 0.2) is 5.15 Å². The molecule has 0 saturated carbocycles. The maximum absolute atomic E-state index is 13.1. The monoisotopic (exact) mass is 371 g/mol. The van der Waals surface area contributed by atoms with Crippen LogP contribution in [0.15, 0.2) is 54.9 Å². The Morgan fingerprint density at radius 3 is 2.62 bits per heavy atom. The Hall–Kier alpha value is -3.19. The maximum atomic E-state index is 13.1. The number of carbonyl (C=O) groups is 1. The van der Waals surface area contributed by atoms with Gasteiger partial charge in [-0.1, -0.05) is 11.6 Å². The zero-order valence-corrected chi connectivity index (χ0v) is 14.5. The van der Waals surface area contributed by atoms with E-state index in [1.165, 1.54) is 29.5 Å². The van der Waals surface area contributed by atoms with Gasteiger partial charge in [-0.3, -0.25) is 15.2 Å². The van der Waals surface area contributed by atoms with Crippen molar-refractivity contribution >= 4 is 28.5 Å². The van der Waals surface area contributed by atoms with Crippen molar-refractivity contribution in [2.24, 2.45) is 5.73 Å². The molecule has 2 aromatic carbocycles. The lowest BCUT2D eigenvalue weighted by Crippen LogP contribution is -2.35. The number of carbonyl (C=O) groups excluding carboxylic acids is 1.